The van der Waals surface area contributed by atoms with Crippen LogP contribution in [0.1, 0.15) is 0 Å². The van der Waals surface area contributed by atoms with Gasteiger partial charge in [0.2, 0.25) is 0 Å². The molecule has 0 spiro atoms. The maximum atomic E-state index is 0. The van der Waals surface area contributed by atoms with Gasteiger partial charge in [-0.2, -0.15) is 29.7 Å². The summed E-state index contributed by atoms with van der Waals surface area (Å²) in [5.41, 5.74) is 0. The molecule has 3 unspecified atom stereocenters. The van der Waals surface area contributed by atoms with Crippen LogP contribution in [0.25, 0.3) is 0 Å². The Morgan fingerprint density at radius 3 is 0.500 bits per heavy atom. The predicted octanol–water partition coefficient (Wildman–Crippen LogP) is -0.207. The third-order valence-corrected chi connectivity index (χ3v) is 0. The Morgan fingerprint density at radius 2 is 0.500 bits per heavy atom. The van der Waals surface area contributed by atoms with Gasteiger partial charge in [0.15, 0.2) is 0 Å². The Hall–Kier alpha value is 2.09. The van der Waals surface area contributed by atoms with Crippen molar-refractivity contribution in [2.75, 3.05) is 0 Å². The molecule has 0 nitrogen and oxygen atoms in total. The van der Waals surface area contributed by atoms with Gasteiger partial charge in [-0.1, -0.05) is 0 Å². The molecular weight excluding hydrogens is 212 g/mol. The van der Waals surface area contributed by atoms with Gasteiger partial charge in [0.25, 0.3) is 0 Å². The average Bonchev–Trinajstić information content (AvgIpc) is 0. The largest absolute Gasteiger partial charge is 0.153 e. The zero-order valence-electron chi connectivity index (χ0n) is 2.62. The molecule has 0 rings (SSSR count). The van der Waals surface area contributed by atoms with E-state index in [4.69, 9.17) is 0 Å². The molecular formula is H9P3Sn. The van der Waals surface area contributed by atoms with Crippen molar-refractivity contribution < 1.29 is 0 Å². The predicted molar refractivity (Wildman–Crippen MR) is 39.1 cm³/mol. The first-order valence-corrected chi connectivity index (χ1v) is 0. The van der Waals surface area contributed by atoms with E-state index in [1.165, 1.54) is 0 Å². The molecule has 0 aliphatic carbocycles. The maximum Gasteiger partial charge on any atom is 0 e. The molecule has 0 N–H and O–H groups in total. The van der Waals surface area contributed by atoms with Crippen LogP contribution in [-0.4, -0.2) is 23.9 Å². The Labute approximate surface area is 53.7 Å². The third-order valence-electron chi connectivity index (χ3n) is 0. The first-order chi connectivity index (χ1) is 0. The standard InChI is InChI=1S/3H3P.Sn/h3*1H3;. The fourth-order valence-electron chi connectivity index (χ4n) is 0. The number of hydrogen-bond acceptors (Lipinski definition) is 0. The molecule has 0 aliphatic heterocycles. The Morgan fingerprint density at radius 1 is 0.500 bits per heavy atom. The second-order valence-electron chi connectivity index (χ2n) is 0. The summed E-state index contributed by atoms with van der Waals surface area (Å²) in [7, 11) is 0. The fourth-order valence-corrected chi connectivity index (χ4v) is 0. The van der Waals surface area contributed by atoms with Crippen LogP contribution in [0.3, 0.4) is 0 Å². The van der Waals surface area contributed by atoms with E-state index in [-0.39, 0.29) is 53.6 Å². The third kappa shape index (κ3) is 8.94. The molecule has 0 saturated heterocycles. The van der Waals surface area contributed by atoms with Crippen LogP contribution in [0.5, 0.6) is 0 Å². The van der Waals surface area contributed by atoms with Gasteiger partial charge in [-0.15, -0.1) is 0 Å². The van der Waals surface area contributed by atoms with Crippen LogP contribution in [0, 0.1) is 0 Å². The second-order valence-corrected chi connectivity index (χ2v) is 0. The van der Waals surface area contributed by atoms with Crippen molar-refractivity contribution >= 4 is 53.6 Å². The summed E-state index contributed by atoms with van der Waals surface area (Å²) in [5, 5.41) is 0. The van der Waals surface area contributed by atoms with Gasteiger partial charge in [0.05, 0.1) is 0 Å². The second kappa shape index (κ2) is 19.5. The van der Waals surface area contributed by atoms with Crippen LogP contribution >= 0.6 is 29.7 Å². The monoisotopic (exact) mass is 222 g/mol. The summed E-state index contributed by atoms with van der Waals surface area (Å²) < 4.78 is 0. The first kappa shape index (κ1) is 36.1. The van der Waals surface area contributed by atoms with Crippen molar-refractivity contribution in [2.45, 2.75) is 0 Å². The molecule has 0 aromatic rings. The van der Waals surface area contributed by atoms with Crippen molar-refractivity contribution in [1.82, 2.24) is 0 Å². The molecule has 0 amide bonds. The topological polar surface area (TPSA) is 0 Å². The smallest absolute Gasteiger partial charge is 0 e. The maximum absolute atomic E-state index is 0. The average molecular weight is 221 g/mol. The van der Waals surface area contributed by atoms with Gasteiger partial charge in [0, 0.05) is 23.9 Å². The summed E-state index contributed by atoms with van der Waals surface area (Å²) >= 11 is 0. The molecule has 0 bridgehead atoms. The van der Waals surface area contributed by atoms with E-state index >= 15 is 0 Å². The van der Waals surface area contributed by atoms with Gasteiger partial charge in [-0.05, 0) is 0 Å². The van der Waals surface area contributed by atoms with Gasteiger partial charge in [-0.25, -0.2) is 0 Å². The minimum Gasteiger partial charge on any atom is -0.153 e. The summed E-state index contributed by atoms with van der Waals surface area (Å²) in [5.74, 6) is 0. The molecule has 4 heteroatoms. The van der Waals surface area contributed by atoms with Gasteiger partial charge >= 0.3 is 0 Å². The van der Waals surface area contributed by atoms with Gasteiger partial charge < -0.3 is 0 Å². The van der Waals surface area contributed by atoms with Crippen LogP contribution in [-0.2, 0) is 0 Å². The van der Waals surface area contributed by atoms with Crippen molar-refractivity contribution in [3.63, 3.8) is 0 Å². The van der Waals surface area contributed by atoms with E-state index < -0.39 is 0 Å². The zero-order chi connectivity index (χ0) is 0. The molecule has 0 aromatic carbocycles. The summed E-state index contributed by atoms with van der Waals surface area (Å²) in [6.45, 7) is 0. The summed E-state index contributed by atoms with van der Waals surface area (Å²) in [6, 6.07) is 0. The Bertz CT molecular complexity index is 3.25. The van der Waals surface area contributed by atoms with Crippen molar-refractivity contribution in [3.8, 4) is 0 Å². The summed E-state index contributed by atoms with van der Waals surface area (Å²) in [4.78, 5) is 0. The normalized spacial score (nSPS) is 0. The van der Waals surface area contributed by atoms with E-state index in [0.717, 1.165) is 0 Å². The molecule has 4 heavy (non-hydrogen) atoms. The van der Waals surface area contributed by atoms with Crippen molar-refractivity contribution in [2.24, 2.45) is 0 Å². The number of hydrogen-bond donors (Lipinski definition) is 0. The molecule has 28 valence electrons. The minimum absolute atomic E-state index is 0. The molecule has 0 saturated carbocycles. The minimum atomic E-state index is 0. The van der Waals surface area contributed by atoms with E-state index in [1.807, 2.05) is 0 Å². The van der Waals surface area contributed by atoms with Gasteiger partial charge in [0.1, 0.15) is 0 Å². The first-order valence-electron chi connectivity index (χ1n) is 0. The van der Waals surface area contributed by atoms with Gasteiger partial charge in [-0.3, -0.25) is 0 Å². The van der Waals surface area contributed by atoms with Crippen LogP contribution in [0.2, 0.25) is 0 Å². The van der Waals surface area contributed by atoms with Crippen LogP contribution in [0.4, 0.5) is 0 Å². The van der Waals surface area contributed by atoms with E-state index in [0.29, 0.717) is 0 Å². The Kier molecular flexibility index (Phi) is 176. The quantitative estimate of drug-likeness (QED) is 0.392. The summed E-state index contributed by atoms with van der Waals surface area (Å²) in [6.07, 6.45) is 0. The van der Waals surface area contributed by atoms with Crippen molar-refractivity contribution in [3.05, 3.63) is 0 Å². The van der Waals surface area contributed by atoms with Crippen LogP contribution in [0.15, 0.2) is 0 Å². The molecule has 3 atom stereocenters. The van der Waals surface area contributed by atoms with E-state index in [9.17, 15) is 0 Å². The fraction of sp³-hybridized carbons (Fsp3) is 0. The molecule has 0 fully saturated rings. The SMILES string of the molecule is P.P.P.[Sn]. The van der Waals surface area contributed by atoms with E-state index in [2.05, 4.69) is 0 Å². The Balaban J connectivity index is 0. The van der Waals surface area contributed by atoms with Crippen LogP contribution < -0.4 is 0 Å². The van der Waals surface area contributed by atoms with E-state index in [1.54, 1.807) is 0 Å². The zero-order valence-corrected chi connectivity index (χ0v) is 9.72. The molecule has 0 aromatic heterocycles. The molecule has 0 aliphatic rings. The molecule has 0 heterocycles. The molecule has 4 radical (unpaired) electrons. The number of rotatable bonds is 0. The van der Waals surface area contributed by atoms with Crippen molar-refractivity contribution in [1.29, 1.82) is 0 Å².